The lowest BCUT2D eigenvalue weighted by Crippen LogP contribution is -2.09. The molecule has 4 nitrogen and oxygen atoms in total. The molecule has 0 bridgehead atoms. The molecule has 1 saturated carbocycles. The molecule has 2 N–H and O–H groups in total. The van der Waals surface area contributed by atoms with Gasteiger partial charge in [0.05, 0.1) is 0 Å². The van der Waals surface area contributed by atoms with Gasteiger partial charge in [-0.1, -0.05) is 13.8 Å². The van der Waals surface area contributed by atoms with E-state index in [1.807, 2.05) is 13.1 Å². The molecule has 1 aliphatic carbocycles. The molecule has 94 valence electrons. The first-order valence-electron chi connectivity index (χ1n) is 6.49. The summed E-state index contributed by atoms with van der Waals surface area (Å²) in [6, 6.07) is 1.98. The summed E-state index contributed by atoms with van der Waals surface area (Å²) in [6.07, 6.45) is 3.63. The number of rotatable bonds is 6. The fourth-order valence-corrected chi connectivity index (χ4v) is 1.70. The van der Waals surface area contributed by atoms with E-state index in [9.17, 15) is 0 Å². The van der Waals surface area contributed by atoms with Gasteiger partial charge in [-0.05, 0) is 25.2 Å². The summed E-state index contributed by atoms with van der Waals surface area (Å²) in [5.74, 6) is 4.16. The van der Waals surface area contributed by atoms with E-state index in [1.54, 1.807) is 0 Å². The van der Waals surface area contributed by atoms with E-state index in [0.717, 1.165) is 36.3 Å². The second-order valence-corrected chi connectivity index (χ2v) is 5.13. The topological polar surface area (TPSA) is 49.8 Å². The largest absolute Gasteiger partial charge is 0.373 e. The Bertz CT molecular complexity index is 372. The second-order valence-electron chi connectivity index (χ2n) is 5.13. The molecule has 1 aliphatic rings. The fourth-order valence-electron chi connectivity index (χ4n) is 1.70. The molecule has 1 fully saturated rings. The van der Waals surface area contributed by atoms with Gasteiger partial charge in [-0.25, -0.2) is 9.97 Å². The van der Waals surface area contributed by atoms with Gasteiger partial charge in [0.1, 0.15) is 17.5 Å². The Morgan fingerprint density at radius 1 is 1.29 bits per heavy atom. The Labute approximate surface area is 103 Å². The highest BCUT2D eigenvalue weighted by Gasteiger charge is 2.27. The number of nitrogens with zero attached hydrogens (tertiary/aromatic N) is 2. The number of hydrogen-bond acceptors (Lipinski definition) is 4. The molecule has 4 heteroatoms. The SMILES string of the molecule is CNc1cc(NCCC(C)C)nc(C2CC2)n1. The van der Waals surface area contributed by atoms with Crippen LogP contribution in [0.2, 0.25) is 0 Å². The average molecular weight is 234 g/mol. The molecule has 1 heterocycles. The number of nitrogens with one attached hydrogen (secondary N) is 2. The maximum atomic E-state index is 4.58. The highest BCUT2D eigenvalue weighted by atomic mass is 15.1. The summed E-state index contributed by atoms with van der Waals surface area (Å²) in [7, 11) is 1.90. The predicted octanol–water partition coefficient (Wildman–Crippen LogP) is 2.85. The van der Waals surface area contributed by atoms with E-state index in [1.165, 1.54) is 12.8 Å². The minimum Gasteiger partial charge on any atom is -0.373 e. The first kappa shape index (κ1) is 12.1. The zero-order chi connectivity index (χ0) is 12.3. The highest BCUT2D eigenvalue weighted by Crippen LogP contribution is 2.38. The summed E-state index contributed by atoms with van der Waals surface area (Å²) < 4.78 is 0. The second kappa shape index (κ2) is 5.34. The van der Waals surface area contributed by atoms with Gasteiger partial charge in [0.15, 0.2) is 0 Å². The lowest BCUT2D eigenvalue weighted by atomic mass is 10.1. The molecule has 0 spiro atoms. The lowest BCUT2D eigenvalue weighted by Gasteiger charge is -2.10. The van der Waals surface area contributed by atoms with E-state index in [0.29, 0.717) is 5.92 Å². The molecule has 0 aromatic carbocycles. The maximum absolute atomic E-state index is 4.58. The van der Waals surface area contributed by atoms with Crippen LogP contribution in [0.5, 0.6) is 0 Å². The van der Waals surface area contributed by atoms with Gasteiger partial charge in [-0.3, -0.25) is 0 Å². The summed E-state index contributed by atoms with van der Waals surface area (Å²) in [5, 5.41) is 6.48. The monoisotopic (exact) mass is 234 g/mol. The third-order valence-electron chi connectivity index (χ3n) is 2.97. The summed E-state index contributed by atoms with van der Waals surface area (Å²) in [6.45, 7) is 5.44. The number of anilines is 2. The number of aromatic nitrogens is 2. The molecule has 0 radical (unpaired) electrons. The third-order valence-corrected chi connectivity index (χ3v) is 2.97. The third kappa shape index (κ3) is 3.58. The number of hydrogen-bond donors (Lipinski definition) is 2. The Morgan fingerprint density at radius 3 is 2.59 bits per heavy atom. The summed E-state index contributed by atoms with van der Waals surface area (Å²) >= 11 is 0. The molecule has 0 atom stereocenters. The Morgan fingerprint density at radius 2 is 2.00 bits per heavy atom. The molecule has 1 aromatic heterocycles. The van der Waals surface area contributed by atoms with Gasteiger partial charge in [-0.2, -0.15) is 0 Å². The van der Waals surface area contributed by atoms with Crippen molar-refractivity contribution in [2.75, 3.05) is 24.2 Å². The zero-order valence-electron chi connectivity index (χ0n) is 11.0. The van der Waals surface area contributed by atoms with Crippen LogP contribution in [0.4, 0.5) is 11.6 Å². The van der Waals surface area contributed by atoms with Crippen molar-refractivity contribution in [3.63, 3.8) is 0 Å². The smallest absolute Gasteiger partial charge is 0.136 e. The van der Waals surface area contributed by atoms with Crippen LogP contribution in [0.1, 0.15) is 44.9 Å². The minimum atomic E-state index is 0.592. The molecule has 0 saturated heterocycles. The molecule has 0 amide bonds. The van der Waals surface area contributed by atoms with E-state index in [4.69, 9.17) is 0 Å². The van der Waals surface area contributed by atoms with Crippen LogP contribution in [0.25, 0.3) is 0 Å². The highest BCUT2D eigenvalue weighted by molar-refractivity contribution is 5.47. The average Bonchev–Trinajstić information content (AvgIpc) is 3.12. The van der Waals surface area contributed by atoms with Crippen LogP contribution < -0.4 is 10.6 Å². The fraction of sp³-hybridized carbons (Fsp3) is 0.692. The molecule has 2 rings (SSSR count). The first-order valence-corrected chi connectivity index (χ1v) is 6.49. The molecular weight excluding hydrogens is 212 g/mol. The van der Waals surface area contributed by atoms with E-state index in [-0.39, 0.29) is 0 Å². The Hall–Kier alpha value is -1.32. The van der Waals surface area contributed by atoms with E-state index >= 15 is 0 Å². The van der Waals surface area contributed by atoms with Crippen LogP contribution in [-0.4, -0.2) is 23.6 Å². The Balaban J connectivity index is 2.01. The van der Waals surface area contributed by atoms with Gasteiger partial charge in [-0.15, -0.1) is 0 Å². The minimum absolute atomic E-state index is 0.592. The van der Waals surface area contributed by atoms with Crippen LogP contribution >= 0.6 is 0 Å². The van der Waals surface area contributed by atoms with Crippen molar-refractivity contribution in [2.24, 2.45) is 5.92 Å². The molecule has 17 heavy (non-hydrogen) atoms. The quantitative estimate of drug-likeness (QED) is 0.794. The van der Waals surface area contributed by atoms with Crippen LogP contribution in [-0.2, 0) is 0 Å². The van der Waals surface area contributed by atoms with Crippen LogP contribution in [0.3, 0.4) is 0 Å². The first-order chi connectivity index (χ1) is 8.19. The standard InChI is InChI=1S/C13H22N4/c1-9(2)6-7-15-12-8-11(14-3)16-13(17-12)10-4-5-10/h8-10H,4-7H2,1-3H3,(H2,14,15,16,17). The van der Waals surface area contributed by atoms with Gasteiger partial charge in [0.2, 0.25) is 0 Å². The molecular formula is C13H22N4. The molecule has 0 unspecified atom stereocenters. The van der Waals surface area contributed by atoms with Crippen molar-refractivity contribution in [1.29, 1.82) is 0 Å². The normalized spacial score (nSPS) is 15.1. The van der Waals surface area contributed by atoms with E-state index < -0.39 is 0 Å². The van der Waals surface area contributed by atoms with Gasteiger partial charge >= 0.3 is 0 Å². The maximum Gasteiger partial charge on any atom is 0.136 e. The molecule has 0 aliphatic heterocycles. The lowest BCUT2D eigenvalue weighted by molar-refractivity contribution is 0.606. The van der Waals surface area contributed by atoms with Crippen LogP contribution in [0, 0.1) is 5.92 Å². The van der Waals surface area contributed by atoms with Crippen LogP contribution in [0.15, 0.2) is 6.07 Å². The van der Waals surface area contributed by atoms with Gasteiger partial charge in [0, 0.05) is 25.6 Å². The van der Waals surface area contributed by atoms with Gasteiger partial charge in [0.25, 0.3) is 0 Å². The molecule has 1 aromatic rings. The summed E-state index contributed by atoms with van der Waals surface area (Å²) in [5.41, 5.74) is 0. The predicted molar refractivity (Wildman–Crippen MR) is 71.5 cm³/mol. The van der Waals surface area contributed by atoms with Crippen molar-refractivity contribution in [3.05, 3.63) is 11.9 Å². The van der Waals surface area contributed by atoms with Crippen molar-refractivity contribution >= 4 is 11.6 Å². The van der Waals surface area contributed by atoms with E-state index in [2.05, 4.69) is 34.4 Å². The zero-order valence-corrected chi connectivity index (χ0v) is 11.0. The van der Waals surface area contributed by atoms with Crippen molar-refractivity contribution in [2.45, 2.75) is 39.0 Å². The summed E-state index contributed by atoms with van der Waals surface area (Å²) in [4.78, 5) is 9.07. The van der Waals surface area contributed by atoms with Gasteiger partial charge < -0.3 is 10.6 Å². The van der Waals surface area contributed by atoms with Crippen molar-refractivity contribution < 1.29 is 0 Å². The van der Waals surface area contributed by atoms with Crippen molar-refractivity contribution in [3.8, 4) is 0 Å². The Kier molecular flexibility index (Phi) is 3.82. The van der Waals surface area contributed by atoms with Crippen molar-refractivity contribution in [1.82, 2.24) is 9.97 Å².